The van der Waals surface area contributed by atoms with E-state index in [-0.39, 0.29) is 23.3 Å². The summed E-state index contributed by atoms with van der Waals surface area (Å²) >= 11 is 0. The highest BCUT2D eigenvalue weighted by Crippen LogP contribution is 2.56. The number of anilines is 2. The Kier molecular flexibility index (Phi) is 4.14. The van der Waals surface area contributed by atoms with Crippen LogP contribution in [0.4, 0.5) is 11.4 Å². The van der Waals surface area contributed by atoms with Crippen LogP contribution in [0.5, 0.6) is 0 Å². The summed E-state index contributed by atoms with van der Waals surface area (Å²) in [6.07, 6.45) is 9.15. The quantitative estimate of drug-likeness (QED) is 0.762. The molecule has 5 fully saturated rings. The molecule has 1 aromatic carbocycles. The Morgan fingerprint density at radius 2 is 1.63 bits per heavy atom. The van der Waals surface area contributed by atoms with E-state index in [2.05, 4.69) is 22.0 Å². The maximum absolute atomic E-state index is 12.7. The molecule has 144 valence electrons. The van der Waals surface area contributed by atoms with Crippen LogP contribution in [0.3, 0.4) is 0 Å². The van der Waals surface area contributed by atoms with Crippen LogP contribution in [0.1, 0.15) is 51.4 Å². The highest BCUT2D eigenvalue weighted by Gasteiger charge is 2.51. The molecule has 0 radical (unpaired) electrons. The smallest absolute Gasteiger partial charge is 0.229 e. The van der Waals surface area contributed by atoms with Crippen molar-refractivity contribution >= 4 is 23.2 Å². The minimum Gasteiger partial charge on any atom is -0.378 e. The fourth-order valence-corrected chi connectivity index (χ4v) is 6.44. The molecule has 5 aliphatic rings. The zero-order chi connectivity index (χ0) is 18.4. The van der Waals surface area contributed by atoms with Crippen LogP contribution in [0, 0.1) is 23.7 Å². The van der Waals surface area contributed by atoms with Gasteiger partial charge in [-0.15, -0.1) is 0 Å². The summed E-state index contributed by atoms with van der Waals surface area (Å²) in [5.74, 6) is 2.57. The van der Waals surface area contributed by atoms with Crippen molar-refractivity contribution < 1.29 is 9.59 Å². The van der Waals surface area contributed by atoms with Crippen LogP contribution < -0.4 is 16.0 Å². The number of piperidine rings is 1. The summed E-state index contributed by atoms with van der Waals surface area (Å²) in [5, 5.41) is 9.81. The highest BCUT2D eigenvalue weighted by molar-refractivity contribution is 5.96. The molecule has 1 aromatic rings. The molecule has 0 unspecified atom stereocenters. The number of carbonyl (C=O) groups is 2. The van der Waals surface area contributed by atoms with Gasteiger partial charge in [-0.1, -0.05) is 12.1 Å². The average molecular weight is 367 g/mol. The zero-order valence-corrected chi connectivity index (χ0v) is 15.8. The van der Waals surface area contributed by atoms with Crippen molar-refractivity contribution in [3.8, 4) is 0 Å². The summed E-state index contributed by atoms with van der Waals surface area (Å²) < 4.78 is 0. The van der Waals surface area contributed by atoms with Gasteiger partial charge in [0.15, 0.2) is 0 Å². The van der Waals surface area contributed by atoms with Crippen molar-refractivity contribution in [1.82, 2.24) is 5.32 Å². The molecule has 27 heavy (non-hydrogen) atoms. The minimum atomic E-state index is -0.143. The highest BCUT2D eigenvalue weighted by atomic mass is 16.2. The van der Waals surface area contributed by atoms with Gasteiger partial charge in [0.05, 0.1) is 17.3 Å². The summed E-state index contributed by atoms with van der Waals surface area (Å²) in [6, 6.07) is 8.10. The van der Waals surface area contributed by atoms with E-state index >= 15 is 0 Å². The Bertz CT molecular complexity index is 714. The molecule has 4 saturated carbocycles. The molecule has 4 bridgehead atoms. The molecular formula is C22H29N3O2. The number of nitrogens with one attached hydrogen (secondary N) is 3. The summed E-state index contributed by atoms with van der Waals surface area (Å²) in [4.78, 5) is 24.0. The molecule has 0 aromatic heterocycles. The van der Waals surface area contributed by atoms with Crippen molar-refractivity contribution in [3.05, 3.63) is 24.3 Å². The van der Waals surface area contributed by atoms with Crippen LogP contribution in [-0.2, 0) is 9.59 Å². The van der Waals surface area contributed by atoms with E-state index in [1.165, 1.54) is 38.5 Å². The van der Waals surface area contributed by atoms with Gasteiger partial charge in [0, 0.05) is 18.5 Å². The van der Waals surface area contributed by atoms with Gasteiger partial charge in [0.25, 0.3) is 0 Å². The number of para-hydroxylation sites is 2. The number of rotatable bonds is 4. The van der Waals surface area contributed by atoms with Crippen molar-refractivity contribution in [3.63, 3.8) is 0 Å². The molecule has 5 heteroatoms. The van der Waals surface area contributed by atoms with E-state index in [1.807, 2.05) is 18.2 Å². The molecule has 0 spiro atoms. The van der Waals surface area contributed by atoms with Crippen molar-refractivity contribution in [1.29, 1.82) is 0 Å². The second-order valence-electron chi connectivity index (χ2n) is 9.40. The van der Waals surface area contributed by atoms with E-state index in [0.717, 1.165) is 29.1 Å². The van der Waals surface area contributed by atoms with Gasteiger partial charge in [0.1, 0.15) is 0 Å². The van der Waals surface area contributed by atoms with E-state index in [4.69, 9.17) is 0 Å². The van der Waals surface area contributed by atoms with Crippen molar-refractivity contribution in [2.45, 2.75) is 56.9 Å². The molecule has 6 rings (SSSR count). The van der Waals surface area contributed by atoms with E-state index in [1.54, 1.807) is 0 Å². The number of amides is 2. The lowest BCUT2D eigenvalue weighted by molar-refractivity contribution is -0.126. The third-order valence-electron chi connectivity index (χ3n) is 7.26. The average Bonchev–Trinajstić information content (AvgIpc) is 2.62. The number of hydrogen-bond donors (Lipinski definition) is 3. The standard InChI is InChI=1S/C22H29N3O2/c26-20-6-5-17(13-23-20)21(27)24-18-3-1-2-4-19(18)25-22-10-14-7-15(11-22)9-16(8-14)12-22/h1-4,14-17,25H,5-13H2,(H,23,26)(H,24,27)/t14?,15?,16?,17-,22?/m1/s1. The normalized spacial score (nSPS) is 37.0. The number of benzene rings is 1. The summed E-state index contributed by atoms with van der Waals surface area (Å²) in [6.45, 7) is 0.440. The van der Waals surface area contributed by atoms with Gasteiger partial charge in [-0.25, -0.2) is 0 Å². The van der Waals surface area contributed by atoms with Crippen LogP contribution in [0.25, 0.3) is 0 Å². The molecule has 1 aliphatic heterocycles. The first-order chi connectivity index (χ1) is 13.1. The largest absolute Gasteiger partial charge is 0.378 e. The molecule has 5 nitrogen and oxygen atoms in total. The van der Waals surface area contributed by atoms with Crippen LogP contribution in [-0.4, -0.2) is 23.9 Å². The van der Waals surface area contributed by atoms with Crippen molar-refractivity contribution in [2.75, 3.05) is 17.2 Å². The number of carbonyl (C=O) groups excluding carboxylic acids is 2. The van der Waals surface area contributed by atoms with E-state index in [0.29, 0.717) is 19.4 Å². The SMILES string of the molecule is O=C1CC[C@@H](C(=O)Nc2ccccc2NC23CC4CC(CC(C4)C2)C3)CN1. The van der Waals surface area contributed by atoms with Gasteiger partial charge in [0.2, 0.25) is 11.8 Å². The fraction of sp³-hybridized carbons (Fsp3) is 0.636. The lowest BCUT2D eigenvalue weighted by Gasteiger charge is -2.57. The molecule has 1 atom stereocenters. The van der Waals surface area contributed by atoms with Crippen molar-refractivity contribution in [2.24, 2.45) is 23.7 Å². The van der Waals surface area contributed by atoms with Gasteiger partial charge in [-0.2, -0.15) is 0 Å². The van der Waals surface area contributed by atoms with Gasteiger partial charge in [-0.3, -0.25) is 9.59 Å². The van der Waals surface area contributed by atoms with E-state index in [9.17, 15) is 9.59 Å². The molecule has 1 saturated heterocycles. The first kappa shape index (κ1) is 17.1. The maximum Gasteiger partial charge on any atom is 0.229 e. The Hall–Kier alpha value is -2.04. The number of hydrogen-bond acceptors (Lipinski definition) is 3. The maximum atomic E-state index is 12.7. The summed E-state index contributed by atoms with van der Waals surface area (Å²) in [5.41, 5.74) is 2.14. The molecule has 4 aliphatic carbocycles. The Balaban J connectivity index is 1.31. The molecule has 2 amide bonds. The summed E-state index contributed by atoms with van der Waals surface area (Å²) in [7, 11) is 0. The topological polar surface area (TPSA) is 70.2 Å². The Morgan fingerprint density at radius 3 is 2.22 bits per heavy atom. The first-order valence-electron chi connectivity index (χ1n) is 10.5. The molecule has 1 heterocycles. The lowest BCUT2D eigenvalue weighted by Crippen LogP contribution is -2.54. The van der Waals surface area contributed by atoms with Gasteiger partial charge in [-0.05, 0) is 74.8 Å². The molecule has 3 N–H and O–H groups in total. The second kappa shape index (κ2) is 6.54. The third kappa shape index (κ3) is 3.32. The Labute approximate surface area is 160 Å². The minimum absolute atomic E-state index is 0.00904. The van der Waals surface area contributed by atoms with Gasteiger partial charge >= 0.3 is 0 Å². The predicted octanol–water partition coefficient (Wildman–Crippen LogP) is 3.53. The van der Waals surface area contributed by atoms with E-state index < -0.39 is 0 Å². The fourth-order valence-electron chi connectivity index (χ4n) is 6.44. The van der Waals surface area contributed by atoms with Crippen LogP contribution >= 0.6 is 0 Å². The second-order valence-corrected chi connectivity index (χ2v) is 9.40. The Morgan fingerprint density at radius 1 is 1.00 bits per heavy atom. The molecular weight excluding hydrogens is 338 g/mol. The predicted molar refractivity (Wildman–Crippen MR) is 105 cm³/mol. The third-order valence-corrected chi connectivity index (χ3v) is 7.26. The van der Waals surface area contributed by atoms with Crippen LogP contribution in [0.2, 0.25) is 0 Å². The van der Waals surface area contributed by atoms with Crippen LogP contribution in [0.15, 0.2) is 24.3 Å². The monoisotopic (exact) mass is 367 g/mol. The lowest BCUT2D eigenvalue weighted by atomic mass is 9.53. The first-order valence-corrected chi connectivity index (χ1v) is 10.5. The zero-order valence-electron chi connectivity index (χ0n) is 15.8. The van der Waals surface area contributed by atoms with Gasteiger partial charge < -0.3 is 16.0 Å².